The molecule has 1 amide bonds. The Kier molecular flexibility index (Phi) is 7.22. The maximum Gasteiger partial charge on any atom is 0.339 e. The second-order valence-electron chi connectivity index (χ2n) is 7.06. The molecule has 3 aromatic rings. The summed E-state index contributed by atoms with van der Waals surface area (Å²) in [6.45, 7) is 3.44. The minimum absolute atomic E-state index is 0.338. The molecule has 5 heteroatoms. The molecule has 0 aromatic heterocycles. The van der Waals surface area contributed by atoms with Gasteiger partial charge in [0.1, 0.15) is 5.75 Å². The van der Waals surface area contributed by atoms with Crippen LogP contribution in [0.25, 0.3) is 11.6 Å². The van der Waals surface area contributed by atoms with Gasteiger partial charge in [-0.05, 0) is 42.7 Å². The number of nitrogens with one attached hydrogen (secondary N) is 1. The normalized spacial score (nSPS) is 11.0. The third-order valence-corrected chi connectivity index (χ3v) is 4.82. The highest BCUT2D eigenvalue weighted by Crippen LogP contribution is 2.25. The van der Waals surface area contributed by atoms with Crippen molar-refractivity contribution in [2.24, 2.45) is 0 Å². The van der Waals surface area contributed by atoms with Gasteiger partial charge in [-0.1, -0.05) is 66.7 Å². The van der Waals surface area contributed by atoms with E-state index < -0.39 is 11.9 Å². The number of para-hydroxylation sites is 2. The Hall–Kier alpha value is -3.86. The average Bonchev–Trinajstić information content (AvgIpc) is 2.79. The summed E-state index contributed by atoms with van der Waals surface area (Å²) >= 11 is 0. The van der Waals surface area contributed by atoms with Crippen LogP contribution in [-0.4, -0.2) is 25.6 Å². The van der Waals surface area contributed by atoms with E-state index in [4.69, 9.17) is 9.47 Å². The number of benzene rings is 3. The molecule has 158 valence electrons. The number of hydrogen-bond acceptors (Lipinski definition) is 4. The van der Waals surface area contributed by atoms with Crippen molar-refractivity contribution < 1.29 is 19.1 Å². The van der Waals surface area contributed by atoms with Crippen molar-refractivity contribution in [3.63, 3.8) is 0 Å². The van der Waals surface area contributed by atoms with Crippen molar-refractivity contribution in [2.75, 3.05) is 19.0 Å². The van der Waals surface area contributed by atoms with Gasteiger partial charge in [-0.2, -0.15) is 0 Å². The molecule has 0 heterocycles. The van der Waals surface area contributed by atoms with E-state index in [9.17, 15) is 9.59 Å². The van der Waals surface area contributed by atoms with Crippen molar-refractivity contribution in [3.05, 3.63) is 95.1 Å². The summed E-state index contributed by atoms with van der Waals surface area (Å²) in [6.07, 6.45) is 1.71. The fraction of sp³-hybridized carbons (Fsp3) is 0.154. The van der Waals surface area contributed by atoms with Gasteiger partial charge in [-0.3, -0.25) is 4.79 Å². The molecule has 0 radical (unpaired) electrons. The fourth-order valence-electron chi connectivity index (χ4n) is 3.21. The third-order valence-electron chi connectivity index (χ3n) is 4.82. The minimum Gasteiger partial charge on any atom is -0.496 e. The maximum absolute atomic E-state index is 12.9. The molecule has 0 saturated heterocycles. The average molecular weight is 415 g/mol. The molecule has 5 nitrogen and oxygen atoms in total. The molecular formula is C26H25NO4. The highest BCUT2D eigenvalue weighted by molar-refractivity contribution is 6.22. The predicted molar refractivity (Wildman–Crippen MR) is 123 cm³/mol. The van der Waals surface area contributed by atoms with Crippen molar-refractivity contribution >= 4 is 29.2 Å². The number of amides is 1. The molecule has 0 bridgehead atoms. The summed E-state index contributed by atoms with van der Waals surface area (Å²) in [4.78, 5) is 25.3. The first-order valence-electron chi connectivity index (χ1n) is 9.93. The highest BCUT2D eigenvalue weighted by Gasteiger charge is 2.17. The van der Waals surface area contributed by atoms with Crippen LogP contribution in [-0.2, 0) is 14.3 Å². The second-order valence-corrected chi connectivity index (χ2v) is 7.06. The summed E-state index contributed by atoms with van der Waals surface area (Å²) in [5.74, 6) is -0.347. The lowest BCUT2D eigenvalue weighted by Gasteiger charge is -2.13. The number of ether oxygens (including phenoxy) is 2. The zero-order chi connectivity index (χ0) is 22.2. The van der Waals surface area contributed by atoms with E-state index in [2.05, 4.69) is 5.32 Å². The van der Waals surface area contributed by atoms with E-state index >= 15 is 0 Å². The van der Waals surface area contributed by atoms with E-state index in [1.807, 2.05) is 86.6 Å². The molecule has 0 aliphatic heterocycles. The first-order chi connectivity index (χ1) is 15.0. The van der Waals surface area contributed by atoms with Crippen LogP contribution in [0.3, 0.4) is 0 Å². The zero-order valence-electron chi connectivity index (χ0n) is 17.8. The highest BCUT2D eigenvalue weighted by atomic mass is 16.5. The van der Waals surface area contributed by atoms with E-state index in [-0.39, 0.29) is 6.61 Å². The van der Waals surface area contributed by atoms with Crippen LogP contribution >= 0.6 is 0 Å². The number of carbonyl (C=O) groups is 2. The van der Waals surface area contributed by atoms with Crippen molar-refractivity contribution in [1.82, 2.24) is 0 Å². The topological polar surface area (TPSA) is 64.6 Å². The van der Waals surface area contributed by atoms with Gasteiger partial charge in [-0.15, -0.1) is 0 Å². The van der Waals surface area contributed by atoms with Crippen molar-refractivity contribution in [3.8, 4) is 5.75 Å². The van der Waals surface area contributed by atoms with E-state index in [1.165, 1.54) is 0 Å². The zero-order valence-corrected chi connectivity index (χ0v) is 17.8. The van der Waals surface area contributed by atoms with Crippen LogP contribution in [0.1, 0.15) is 22.3 Å². The molecule has 0 saturated carbocycles. The van der Waals surface area contributed by atoms with Gasteiger partial charge in [0, 0.05) is 11.3 Å². The Morgan fingerprint density at radius 3 is 2.19 bits per heavy atom. The molecule has 31 heavy (non-hydrogen) atoms. The Labute approximate surface area is 182 Å². The third kappa shape index (κ3) is 5.60. The molecule has 0 unspecified atom stereocenters. The Balaban J connectivity index is 1.79. The second kappa shape index (κ2) is 10.3. The van der Waals surface area contributed by atoms with E-state index in [0.717, 1.165) is 22.4 Å². The van der Waals surface area contributed by atoms with Crippen molar-refractivity contribution in [2.45, 2.75) is 13.8 Å². The van der Waals surface area contributed by atoms with Gasteiger partial charge in [-0.25, -0.2) is 4.79 Å². The molecule has 3 aromatic carbocycles. The summed E-state index contributed by atoms with van der Waals surface area (Å²) in [5.41, 5.74) is 4.39. The molecule has 0 fully saturated rings. The molecule has 0 atom stereocenters. The summed E-state index contributed by atoms with van der Waals surface area (Å²) in [6, 6.07) is 22.3. The van der Waals surface area contributed by atoms with Crippen LogP contribution in [0.15, 0.2) is 72.8 Å². The molecule has 3 rings (SSSR count). The van der Waals surface area contributed by atoms with Gasteiger partial charge < -0.3 is 14.8 Å². The SMILES string of the molecule is COc1ccccc1/C=C(/C(=O)OCC(=O)Nc1c(C)cccc1C)c1ccccc1. The van der Waals surface area contributed by atoms with E-state index in [1.54, 1.807) is 13.2 Å². The lowest BCUT2D eigenvalue weighted by atomic mass is 10.0. The van der Waals surface area contributed by atoms with Crippen LogP contribution in [0, 0.1) is 13.8 Å². The first-order valence-corrected chi connectivity index (χ1v) is 9.93. The fourth-order valence-corrected chi connectivity index (χ4v) is 3.21. The Bertz CT molecular complexity index is 1080. The maximum atomic E-state index is 12.9. The van der Waals surface area contributed by atoms with Gasteiger partial charge in [0.05, 0.1) is 12.7 Å². The lowest BCUT2D eigenvalue weighted by Crippen LogP contribution is -2.22. The number of esters is 1. The van der Waals surface area contributed by atoms with Gasteiger partial charge in [0.15, 0.2) is 6.61 Å². The largest absolute Gasteiger partial charge is 0.496 e. The standard InChI is InChI=1S/C26H25NO4/c1-18-10-9-11-19(2)25(18)27-24(28)17-31-26(29)22(20-12-5-4-6-13-20)16-21-14-7-8-15-23(21)30-3/h4-16H,17H2,1-3H3,(H,27,28)/b22-16+. The Morgan fingerprint density at radius 1 is 0.871 bits per heavy atom. The van der Waals surface area contributed by atoms with Crippen molar-refractivity contribution in [1.29, 1.82) is 0 Å². The molecule has 1 N–H and O–H groups in total. The van der Waals surface area contributed by atoms with Crippen LogP contribution in [0.2, 0.25) is 0 Å². The number of aryl methyl sites for hydroxylation is 2. The number of carbonyl (C=O) groups excluding carboxylic acids is 2. The van der Waals surface area contributed by atoms with E-state index in [0.29, 0.717) is 16.9 Å². The summed E-state index contributed by atoms with van der Waals surface area (Å²) < 4.78 is 10.7. The first kappa shape index (κ1) is 21.8. The van der Waals surface area contributed by atoms with Gasteiger partial charge in [0.25, 0.3) is 5.91 Å². The number of hydrogen-bond donors (Lipinski definition) is 1. The van der Waals surface area contributed by atoms with Gasteiger partial charge >= 0.3 is 5.97 Å². The quantitative estimate of drug-likeness (QED) is 0.334. The van der Waals surface area contributed by atoms with Crippen LogP contribution < -0.4 is 10.1 Å². The number of methoxy groups -OCH3 is 1. The molecular weight excluding hydrogens is 390 g/mol. The van der Waals surface area contributed by atoms with Gasteiger partial charge in [0.2, 0.25) is 0 Å². The minimum atomic E-state index is -0.589. The smallest absolute Gasteiger partial charge is 0.339 e. The lowest BCUT2D eigenvalue weighted by molar-refractivity contribution is -0.141. The monoisotopic (exact) mass is 415 g/mol. The summed E-state index contributed by atoms with van der Waals surface area (Å²) in [7, 11) is 1.57. The molecule has 0 aliphatic rings. The van der Waals surface area contributed by atoms with Crippen LogP contribution in [0.4, 0.5) is 5.69 Å². The molecule has 0 aliphatic carbocycles. The summed E-state index contributed by atoms with van der Waals surface area (Å²) in [5, 5.41) is 2.82. The Morgan fingerprint density at radius 2 is 1.52 bits per heavy atom. The molecule has 0 spiro atoms. The number of anilines is 1. The predicted octanol–water partition coefficient (Wildman–Crippen LogP) is 5.03. The van der Waals surface area contributed by atoms with Crippen LogP contribution in [0.5, 0.6) is 5.75 Å². The number of rotatable bonds is 7.